The van der Waals surface area contributed by atoms with Crippen molar-refractivity contribution < 1.29 is 14.4 Å². The predicted octanol–water partition coefficient (Wildman–Crippen LogP) is -0.144. The third-order valence-corrected chi connectivity index (χ3v) is 0.274. The van der Waals surface area contributed by atoms with Crippen LogP contribution >= 0.6 is 0 Å². The van der Waals surface area contributed by atoms with Gasteiger partial charge in [-0.05, 0) is 0 Å². The molecule has 6 nitrogen and oxygen atoms in total. The Morgan fingerprint density at radius 2 is 0.750 bits per heavy atom. The minimum absolute atomic E-state index is 1.31. The van der Waals surface area contributed by atoms with Gasteiger partial charge in [0.15, 0.2) is 0 Å². The first kappa shape index (κ1) is 16.6. The highest BCUT2D eigenvalue weighted by molar-refractivity contribution is 5.32. The fraction of sp³-hybridized carbons (Fsp3) is 0.500. The van der Waals surface area contributed by atoms with Gasteiger partial charge in [-0.15, -0.1) is 0 Å². The van der Waals surface area contributed by atoms with Crippen molar-refractivity contribution in [3.8, 4) is 0 Å². The van der Waals surface area contributed by atoms with Crippen molar-refractivity contribution in [1.29, 1.82) is 0 Å². The molecule has 0 radical (unpaired) electrons. The summed E-state index contributed by atoms with van der Waals surface area (Å²) in [6.45, 7) is 0. The molecule has 0 unspecified atom stereocenters. The van der Waals surface area contributed by atoms with Crippen LogP contribution in [0.2, 0.25) is 0 Å². The molecule has 0 fully saturated rings. The van der Waals surface area contributed by atoms with E-state index in [9.17, 15) is 0 Å². The van der Waals surface area contributed by atoms with E-state index in [1.165, 1.54) is 39.4 Å². The summed E-state index contributed by atoms with van der Waals surface area (Å²) in [4.78, 5) is 35.4. The molecule has 0 spiro atoms. The second-order valence-electron chi connectivity index (χ2n) is 0.945. The van der Waals surface area contributed by atoms with Gasteiger partial charge in [-0.1, -0.05) is 0 Å². The lowest BCUT2D eigenvalue weighted by Gasteiger charge is -1.36. The first-order valence-corrected chi connectivity index (χ1v) is 2.62. The second-order valence-corrected chi connectivity index (χ2v) is 0.945. The minimum Gasteiger partial charge on any atom is -0.211 e. The van der Waals surface area contributed by atoms with Gasteiger partial charge in [0.05, 0.1) is 0 Å². The Kier molecular flexibility index (Phi) is 48.9. The van der Waals surface area contributed by atoms with E-state index in [1.807, 2.05) is 0 Å². The zero-order chi connectivity index (χ0) is 10.2. The Hall–Kier alpha value is -1.86. The van der Waals surface area contributed by atoms with E-state index in [0.717, 1.165) is 0 Å². The first-order chi connectivity index (χ1) is 5.74. The summed E-state index contributed by atoms with van der Waals surface area (Å²) in [6, 6.07) is 0. The SMILES string of the molecule is CN=C=O.CN=C=O.CN=C=O. The maximum Gasteiger partial charge on any atom is 0.234 e. The van der Waals surface area contributed by atoms with E-state index in [0.29, 0.717) is 0 Å². The summed E-state index contributed by atoms with van der Waals surface area (Å²) >= 11 is 0. The van der Waals surface area contributed by atoms with E-state index < -0.39 is 0 Å². The van der Waals surface area contributed by atoms with E-state index in [1.54, 1.807) is 0 Å². The van der Waals surface area contributed by atoms with Crippen LogP contribution in [0.25, 0.3) is 0 Å². The standard InChI is InChI=1S/3C2H3NO/c3*1-3-2-4/h3*1H3. The molecule has 0 aromatic rings. The van der Waals surface area contributed by atoms with Gasteiger partial charge >= 0.3 is 0 Å². The Labute approximate surface area is 69.7 Å². The van der Waals surface area contributed by atoms with E-state index in [-0.39, 0.29) is 0 Å². The van der Waals surface area contributed by atoms with Gasteiger partial charge in [0.2, 0.25) is 18.2 Å². The summed E-state index contributed by atoms with van der Waals surface area (Å²) < 4.78 is 0. The molecule has 0 aliphatic carbocycles. The number of hydrogen-bond donors (Lipinski definition) is 0. The molecule has 12 heavy (non-hydrogen) atoms. The summed E-state index contributed by atoms with van der Waals surface area (Å²) in [6.07, 6.45) is 3.92. The molecule has 0 aliphatic heterocycles. The van der Waals surface area contributed by atoms with Crippen LogP contribution in [0.15, 0.2) is 15.0 Å². The van der Waals surface area contributed by atoms with E-state index >= 15 is 0 Å². The van der Waals surface area contributed by atoms with Crippen LogP contribution < -0.4 is 0 Å². The van der Waals surface area contributed by atoms with Crippen molar-refractivity contribution >= 4 is 18.2 Å². The summed E-state index contributed by atoms with van der Waals surface area (Å²) in [7, 11) is 4.15. The lowest BCUT2D eigenvalue weighted by atomic mass is 11.4. The number of nitrogens with zero attached hydrogens (tertiary/aromatic N) is 3. The lowest BCUT2D eigenvalue weighted by Crippen LogP contribution is -1.38. The van der Waals surface area contributed by atoms with E-state index in [2.05, 4.69) is 15.0 Å². The van der Waals surface area contributed by atoms with Gasteiger partial charge in [0.25, 0.3) is 0 Å². The van der Waals surface area contributed by atoms with Gasteiger partial charge in [-0.2, -0.15) is 0 Å². The van der Waals surface area contributed by atoms with Crippen molar-refractivity contribution in [2.45, 2.75) is 0 Å². The van der Waals surface area contributed by atoms with Crippen molar-refractivity contribution in [2.75, 3.05) is 21.1 Å². The molecule has 0 aromatic heterocycles. The molecular formula is C6H9N3O3. The zero-order valence-corrected chi connectivity index (χ0v) is 7.07. The van der Waals surface area contributed by atoms with Crippen LogP contribution in [0.3, 0.4) is 0 Å². The summed E-state index contributed by atoms with van der Waals surface area (Å²) in [5.74, 6) is 0. The van der Waals surface area contributed by atoms with Gasteiger partial charge in [-0.3, -0.25) is 0 Å². The molecule has 0 rings (SSSR count). The third-order valence-electron chi connectivity index (χ3n) is 0.274. The summed E-state index contributed by atoms with van der Waals surface area (Å²) in [5.41, 5.74) is 0. The normalized spacial score (nSPS) is 4.25. The van der Waals surface area contributed by atoms with Crippen molar-refractivity contribution in [2.24, 2.45) is 15.0 Å². The topological polar surface area (TPSA) is 88.3 Å². The lowest BCUT2D eigenvalue weighted by molar-refractivity contribution is 0.564. The molecule has 0 N–H and O–H groups in total. The number of isocyanates is 3. The number of aliphatic imine (C=N–C) groups is 3. The quantitative estimate of drug-likeness (QED) is 0.375. The molecule has 0 saturated heterocycles. The van der Waals surface area contributed by atoms with Crippen LogP contribution in [0.5, 0.6) is 0 Å². The largest absolute Gasteiger partial charge is 0.234 e. The molecule has 0 atom stereocenters. The second kappa shape index (κ2) is 35.3. The highest BCUT2D eigenvalue weighted by Gasteiger charge is 1.30. The Bertz CT molecular complexity index is 170. The zero-order valence-electron chi connectivity index (χ0n) is 7.07. The van der Waals surface area contributed by atoms with Crippen LogP contribution in [-0.4, -0.2) is 39.4 Å². The monoisotopic (exact) mass is 171 g/mol. The van der Waals surface area contributed by atoms with Gasteiger partial charge in [0, 0.05) is 21.1 Å². The van der Waals surface area contributed by atoms with Crippen LogP contribution in [-0.2, 0) is 14.4 Å². The average molecular weight is 171 g/mol. The molecule has 0 amide bonds. The Balaban J connectivity index is -0.000000101. The number of hydrogen-bond acceptors (Lipinski definition) is 6. The molecule has 0 aromatic carbocycles. The highest BCUT2D eigenvalue weighted by atomic mass is 16.1. The van der Waals surface area contributed by atoms with Crippen molar-refractivity contribution in [3.63, 3.8) is 0 Å². The molecule has 0 heterocycles. The Morgan fingerprint density at radius 3 is 0.750 bits per heavy atom. The maximum absolute atomic E-state index is 8.88. The average Bonchev–Trinajstić information content (AvgIpc) is 2.18. The van der Waals surface area contributed by atoms with Gasteiger partial charge in [0.1, 0.15) is 0 Å². The predicted molar refractivity (Wildman–Crippen MR) is 42.1 cm³/mol. The fourth-order valence-corrected chi connectivity index (χ4v) is 0. The molecule has 6 heteroatoms. The summed E-state index contributed by atoms with van der Waals surface area (Å²) in [5, 5.41) is 0. The Morgan fingerprint density at radius 1 is 0.667 bits per heavy atom. The smallest absolute Gasteiger partial charge is 0.211 e. The third kappa shape index (κ3) is 319. The van der Waals surface area contributed by atoms with Crippen LogP contribution in [0.1, 0.15) is 0 Å². The van der Waals surface area contributed by atoms with Gasteiger partial charge in [-0.25, -0.2) is 29.4 Å². The van der Waals surface area contributed by atoms with Crippen molar-refractivity contribution in [3.05, 3.63) is 0 Å². The number of carbonyl (C=O) groups excluding carboxylic acids is 3. The molecule has 66 valence electrons. The van der Waals surface area contributed by atoms with Crippen LogP contribution in [0.4, 0.5) is 0 Å². The van der Waals surface area contributed by atoms with Crippen LogP contribution in [0, 0.1) is 0 Å². The van der Waals surface area contributed by atoms with Crippen molar-refractivity contribution in [1.82, 2.24) is 0 Å². The minimum atomic E-state index is 1.31. The molecule has 0 aliphatic rings. The fourth-order valence-electron chi connectivity index (χ4n) is 0. The molecule has 0 saturated carbocycles. The number of rotatable bonds is 0. The van der Waals surface area contributed by atoms with Gasteiger partial charge < -0.3 is 0 Å². The highest BCUT2D eigenvalue weighted by Crippen LogP contribution is 1.28. The molecular weight excluding hydrogens is 162 g/mol. The maximum atomic E-state index is 8.88. The molecule has 0 bridgehead atoms. The van der Waals surface area contributed by atoms with E-state index in [4.69, 9.17) is 14.4 Å². The first-order valence-electron chi connectivity index (χ1n) is 2.62.